The van der Waals surface area contributed by atoms with Crippen LogP contribution in [-0.4, -0.2) is 21.8 Å². The summed E-state index contributed by atoms with van der Waals surface area (Å²) >= 11 is 0. The Balaban J connectivity index is 1.31. The maximum Gasteiger partial charge on any atom is 0.261 e. The molecule has 0 spiro atoms. The molecule has 1 amide bonds. The number of carbonyl (C=O) groups excluding carboxylic acids is 1. The highest BCUT2D eigenvalue weighted by Crippen LogP contribution is 2.60. The SMILES string of the molecule is O=C(N/N=C/c1c(O)n(Cc2ccccc2)c(=O)c2ccccc12)C12CC3CC(CC(C3)C1)C2. The van der Waals surface area contributed by atoms with E-state index in [4.69, 9.17) is 0 Å². The van der Waals surface area contributed by atoms with Gasteiger partial charge in [0, 0.05) is 10.8 Å². The van der Waals surface area contributed by atoms with Crippen molar-refractivity contribution < 1.29 is 9.90 Å². The zero-order valence-electron chi connectivity index (χ0n) is 19.1. The molecular formula is C28H29N3O3. The topological polar surface area (TPSA) is 83.7 Å². The van der Waals surface area contributed by atoms with Gasteiger partial charge in [0.2, 0.25) is 11.8 Å². The molecule has 0 radical (unpaired) electrons. The van der Waals surface area contributed by atoms with E-state index in [0.29, 0.717) is 34.1 Å². The van der Waals surface area contributed by atoms with Crippen molar-refractivity contribution in [3.8, 4) is 5.88 Å². The number of nitrogens with one attached hydrogen (secondary N) is 1. The number of amides is 1. The molecule has 174 valence electrons. The Bertz CT molecular complexity index is 1310. The molecule has 0 unspecified atom stereocenters. The van der Waals surface area contributed by atoms with E-state index in [1.54, 1.807) is 12.1 Å². The molecule has 3 aromatic rings. The molecule has 6 heteroatoms. The molecule has 0 atom stereocenters. The van der Waals surface area contributed by atoms with Crippen LogP contribution in [0.3, 0.4) is 0 Å². The Hall–Kier alpha value is -3.41. The van der Waals surface area contributed by atoms with Crippen molar-refractivity contribution in [2.24, 2.45) is 28.3 Å². The summed E-state index contributed by atoms with van der Waals surface area (Å²) in [7, 11) is 0. The third-order valence-electron chi connectivity index (χ3n) is 8.25. The predicted octanol–water partition coefficient (Wildman–Crippen LogP) is 4.42. The quantitative estimate of drug-likeness (QED) is 0.441. The first-order valence-corrected chi connectivity index (χ1v) is 12.2. The van der Waals surface area contributed by atoms with Crippen LogP contribution in [0.2, 0.25) is 0 Å². The van der Waals surface area contributed by atoms with Crippen LogP contribution in [0.1, 0.15) is 49.7 Å². The number of aromatic nitrogens is 1. The summed E-state index contributed by atoms with van der Waals surface area (Å²) < 4.78 is 1.36. The van der Waals surface area contributed by atoms with Gasteiger partial charge in [-0.1, -0.05) is 48.5 Å². The van der Waals surface area contributed by atoms with Gasteiger partial charge >= 0.3 is 0 Å². The molecule has 4 bridgehead atoms. The molecule has 1 heterocycles. The lowest BCUT2D eigenvalue weighted by Gasteiger charge is -2.55. The van der Waals surface area contributed by atoms with E-state index in [0.717, 1.165) is 24.8 Å². The number of hydrogen-bond acceptors (Lipinski definition) is 4. The molecular weight excluding hydrogens is 426 g/mol. The first kappa shape index (κ1) is 21.1. The monoisotopic (exact) mass is 455 g/mol. The minimum Gasteiger partial charge on any atom is -0.494 e. The van der Waals surface area contributed by atoms with E-state index < -0.39 is 0 Å². The highest BCUT2D eigenvalue weighted by Gasteiger charge is 2.54. The van der Waals surface area contributed by atoms with Crippen LogP contribution in [0.5, 0.6) is 5.88 Å². The number of rotatable bonds is 5. The molecule has 34 heavy (non-hydrogen) atoms. The molecule has 6 nitrogen and oxygen atoms in total. The summed E-state index contributed by atoms with van der Waals surface area (Å²) in [6.07, 6.45) is 8.22. The van der Waals surface area contributed by atoms with Crippen LogP contribution < -0.4 is 11.0 Å². The number of hydrazone groups is 1. The third-order valence-corrected chi connectivity index (χ3v) is 8.25. The second kappa shape index (κ2) is 8.12. The van der Waals surface area contributed by atoms with Gasteiger partial charge in [-0.05, 0) is 67.9 Å². The predicted molar refractivity (Wildman–Crippen MR) is 132 cm³/mol. The number of carbonyl (C=O) groups is 1. The van der Waals surface area contributed by atoms with E-state index >= 15 is 0 Å². The van der Waals surface area contributed by atoms with Crippen LogP contribution in [-0.2, 0) is 11.3 Å². The van der Waals surface area contributed by atoms with Crippen LogP contribution >= 0.6 is 0 Å². The van der Waals surface area contributed by atoms with Crippen LogP contribution in [0.4, 0.5) is 0 Å². The van der Waals surface area contributed by atoms with Crippen molar-refractivity contribution in [3.05, 3.63) is 76.1 Å². The van der Waals surface area contributed by atoms with E-state index in [2.05, 4.69) is 10.5 Å². The van der Waals surface area contributed by atoms with Gasteiger partial charge in [-0.15, -0.1) is 0 Å². The molecule has 4 saturated carbocycles. The third kappa shape index (κ3) is 3.52. The van der Waals surface area contributed by atoms with Gasteiger partial charge < -0.3 is 5.11 Å². The first-order valence-electron chi connectivity index (χ1n) is 12.2. The Kier molecular flexibility index (Phi) is 5.05. The van der Waals surface area contributed by atoms with Gasteiger partial charge in [0.1, 0.15) is 0 Å². The Labute approximate surface area is 198 Å². The van der Waals surface area contributed by atoms with Crippen LogP contribution in [0.25, 0.3) is 10.8 Å². The standard InChI is InChI=1S/C28H29N3O3/c32-25-23-9-5-4-8-22(23)24(26(33)31(25)17-18-6-2-1-3-7-18)16-29-30-27(34)28-13-19-10-20(14-28)12-21(11-19)15-28/h1-9,16,19-21,33H,10-15,17H2,(H,30,34)/b29-16+. The fourth-order valence-corrected chi connectivity index (χ4v) is 7.11. The number of benzene rings is 2. The average molecular weight is 456 g/mol. The van der Waals surface area contributed by atoms with Crippen molar-refractivity contribution in [1.82, 2.24) is 9.99 Å². The summed E-state index contributed by atoms with van der Waals surface area (Å²) in [6, 6.07) is 16.7. The molecule has 2 aromatic carbocycles. The first-order chi connectivity index (χ1) is 16.5. The molecule has 4 aliphatic rings. The van der Waals surface area contributed by atoms with E-state index in [1.165, 1.54) is 30.0 Å². The van der Waals surface area contributed by atoms with E-state index in [1.807, 2.05) is 42.5 Å². The van der Waals surface area contributed by atoms with Crippen LogP contribution in [0, 0.1) is 23.2 Å². The highest BCUT2D eigenvalue weighted by atomic mass is 16.3. The van der Waals surface area contributed by atoms with Crippen LogP contribution in [0.15, 0.2) is 64.5 Å². The van der Waals surface area contributed by atoms with E-state index in [-0.39, 0.29) is 29.3 Å². The van der Waals surface area contributed by atoms with Gasteiger partial charge in [0.25, 0.3) is 5.56 Å². The molecule has 1 aromatic heterocycles. The fourth-order valence-electron chi connectivity index (χ4n) is 7.11. The highest BCUT2D eigenvalue weighted by molar-refractivity contribution is 6.01. The minimum atomic E-state index is -0.289. The fraction of sp³-hybridized carbons (Fsp3) is 0.393. The number of nitrogens with zero attached hydrogens (tertiary/aromatic N) is 2. The normalized spacial score (nSPS) is 27.5. The maximum absolute atomic E-state index is 13.3. The smallest absolute Gasteiger partial charge is 0.261 e. The second-order valence-electron chi connectivity index (χ2n) is 10.6. The minimum absolute atomic E-state index is 0.00394. The van der Waals surface area contributed by atoms with Crippen molar-refractivity contribution in [2.75, 3.05) is 0 Å². The van der Waals surface area contributed by atoms with Gasteiger partial charge in [-0.2, -0.15) is 5.10 Å². The lowest BCUT2D eigenvalue weighted by Crippen LogP contribution is -2.52. The summed E-state index contributed by atoms with van der Waals surface area (Å²) in [5, 5.41) is 16.5. The number of aromatic hydroxyl groups is 1. The number of hydrogen-bond donors (Lipinski definition) is 2. The molecule has 4 aliphatic carbocycles. The summed E-state index contributed by atoms with van der Waals surface area (Å²) in [5.41, 5.74) is 3.59. The van der Waals surface area contributed by atoms with Gasteiger partial charge in [0.05, 0.1) is 23.7 Å². The summed E-state index contributed by atoms with van der Waals surface area (Å²) in [5.74, 6) is 1.88. The lowest BCUT2D eigenvalue weighted by atomic mass is 9.49. The number of fused-ring (bicyclic) bond motifs is 1. The molecule has 2 N–H and O–H groups in total. The van der Waals surface area contributed by atoms with E-state index in [9.17, 15) is 14.7 Å². The molecule has 0 aliphatic heterocycles. The zero-order valence-corrected chi connectivity index (χ0v) is 19.1. The summed E-state index contributed by atoms with van der Waals surface area (Å²) in [6.45, 7) is 0.247. The summed E-state index contributed by atoms with van der Waals surface area (Å²) in [4.78, 5) is 26.4. The van der Waals surface area contributed by atoms with Crippen molar-refractivity contribution >= 4 is 22.9 Å². The largest absolute Gasteiger partial charge is 0.494 e. The Morgan fingerprint density at radius 2 is 1.56 bits per heavy atom. The van der Waals surface area contributed by atoms with Gasteiger partial charge in [0.15, 0.2) is 0 Å². The molecule has 4 fully saturated rings. The average Bonchev–Trinajstić information content (AvgIpc) is 2.83. The Morgan fingerprint density at radius 1 is 0.971 bits per heavy atom. The Morgan fingerprint density at radius 3 is 2.21 bits per heavy atom. The van der Waals surface area contributed by atoms with Crippen molar-refractivity contribution in [3.63, 3.8) is 0 Å². The maximum atomic E-state index is 13.3. The zero-order chi connectivity index (χ0) is 23.3. The number of pyridine rings is 1. The van der Waals surface area contributed by atoms with Gasteiger partial charge in [-0.25, -0.2) is 5.43 Å². The second-order valence-corrected chi connectivity index (χ2v) is 10.6. The molecule has 7 rings (SSSR count). The molecule has 0 saturated heterocycles. The van der Waals surface area contributed by atoms with Crippen molar-refractivity contribution in [1.29, 1.82) is 0 Å². The van der Waals surface area contributed by atoms with Gasteiger partial charge in [-0.3, -0.25) is 14.2 Å². The lowest BCUT2D eigenvalue weighted by molar-refractivity contribution is -0.146. The van der Waals surface area contributed by atoms with Crippen molar-refractivity contribution in [2.45, 2.75) is 45.1 Å².